The van der Waals surface area contributed by atoms with E-state index >= 15 is 0 Å². The number of rotatable bonds is 0. The van der Waals surface area contributed by atoms with Crippen molar-refractivity contribution in [2.75, 3.05) is 0 Å². The van der Waals surface area contributed by atoms with Crippen LogP contribution in [0.15, 0.2) is 28.9 Å². The van der Waals surface area contributed by atoms with Gasteiger partial charge in [0, 0.05) is 10.8 Å². The SMILES string of the molecule is Clc1nc(Br)c(I)c2ccccc12. The van der Waals surface area contributed by atoms with E-state index in [1.807, 2.05) is 24.3 Å². The zero-order chi connectivity index (χ0) is 9.42. The fraction of sp³-hybridized carbons (Fsp3) is 0. The average Bonchev–Trinajstić information content (AvgIpc) is 2.15. The highest BCUT2D eigenvalue weighted by atomic mass is 127. The fourth-order valence-electron chi connectivity index (χ4n) is 1.16. The molecule has 0 spiro atoms. The molecule has 2 rings (SSSR count). The van der Waals surface area contributed by atoms with Crippen molar-refractivity contribution in [3.63, 3.8) is 0 Å². The lowest BCUT2D eigenvalue weighted by atomic mass is 10.2. The largest absolute Gasteiger partial charge is 0.227 e. The average molecular weight is 368 g/mol. The molecule has 0 N–H and O–H groups in total. The number of pyridine rings is 1. The molecular weight excluding hydrogens is 364 g/mol. The zero-order valence-corrected chi connectivity index (χ0v) is 10.9. The Morgan fingerprint density at radius 2 is 1.85 bits per heavy atom. The topological polar surface area (TPSA) is 12.9 Å². The summed E-state index contributed by atoms with van der Waals surface area (Å²) in [4.78, 5) is 4.18. The molecule has 13 heavy (non-hydrogen) atoms. The van der Waals surface area contributed by atoms with Crippen LogP contribution in [0.2, 0.25) is 5.15 Å². The van der Waals surface area contributed by atoms with Gasteiger partial charge in [-0.25, -0.2) is 4.98 Å². The maximum atomic E-state index is 5.99. The minimum absolute atomic E-state index is 0.544. The van der Waals surface area contributed by atoms with E-state index in [1.54, 1.807) is 0 Å². The van der Waals surface area contributed by atoms with Crippen LogP contribution in [-0.2, 0) is 0 Å². The third-order valence-corrected chi connectivity index (χ3v) is 4.46. The second-order valence-electron chi connectivity index (χ2n) is 2.55. The van der Waals surface area contributed by atoms with Crippen molar-refractivity contribution in [1.29, 1.82) is 0 Å². The number of aromatic nitrogens is 1. The Bertz CT molecular complexity index is 472. The van der Waals surface area contributed by atoms with E-state index in [-0.39, 0.29) is 0 Å². The van der Waals surface area contributed by atoms with Crippen LogP contribution in [0.4, 0.5) is 0 Å². The number of benzene rings is 1. The molecule has 0 amide bonds. The first-order valence-electron chi connectivity index (χ1n) is 3.59. The highest BCUT2D eigenvalue weighted by Gasteiger charge is 2.07. The molecule has 0 saturated heterocycles. The van der Waals surface area contributed by atoms with Gasteiger partial charge in [-0.3, -0.25) is 0 Å². The summed E-state index contributed by atoms with van der Waals surface area (Å²) in [6.07, 6.45) is 0. The van der Waals surface area contributed by atoms with Crippen molar-refractivity contribution in [2.45, 2.75) is 0 Å². The zero-order valence-electron chi connectivity index (χ0n) is 6.39. The Labute approximate surface area is 103 Å². The van der Waals surface area contributed by atoms with Crippen molar-refractivity contribution < 1.29 is 0 Å². The number of fused-ring (bicyclic) bond motifs is 1. The molecule has 1 nitrogen and oxygen atoms in total. The van der Waals surface area contributed by atoms with Crippen molar-refractivity contribution in [3.8, 4) is 0 Å². The van der Waals surface area contributed by atoms with Crippen LogP contribution in [0.5, 0.6) is 0 Å². The van der Waals surface area contributed by atoms with Gasteiger partial charge in [0.05, 0.1) is 3.57 Å². The molecule has 2 aromatic rings. The van der Waals surface area contributed by atoms with Gasteiger partial charge < -0.3 is 0 Å². The first-order valence-corrected chi connectivity index (χ1v) is 5.84. The normalized spacial score (nSPS) is 10.7. The predicted octanol–water partition coefficient (Wildman–Crippen LogP) is 4.26. The molecule has 0 atom stereocenters. The second kappa shape index (κ2) is 3.71. The second-order valence-corrected chi connectivity index (χ2v) is 4.74. The van der Waals surface area contributed by atoms with E-state index in [4.69, 9.17) is 11.6 Å². The summed E-state index contributed by atoms with van der Waals surface area (Å²) in [5.41, 5.74) is 0. The van der Waals surface area contributed by atoms with Gasteiger partial charge in [-0.1, -0.05) is 35.9 Å². The lowest BCUT2D eigenvalue weighted by Gasteiger charge is -2.03. The summed E-state index contributed by atoms with van der Waals surface area (Å²) in [7, 11) is 0. The van der Waals surface area contributed by atoms with Crippen LogP contribution >= 0.6 is 50.1 Å². The molecule has 0 unspecified atom stereocenters. The highest BCUT2D eigenvalue weighted by molar-refractivity contribution is 14.1. The van der Waals surface area contributed by atoms with Gasteiger partial charge in [0.15, 0.2) is 0 Å². The molecular formula is C9H4BrClIN. The summed E-state index contributed by atoms with van der Waals surface area (Å²) in [6.45, 7) is 0. The molecule has 1 aromatic heterocycles. The van der Waals surface area contributed by atoms with Crippen molar-refractivity contribution in [3.05, 3.63) is 37.6 Å². The van der Waals surface area contributed by atoms with Gasteiger partial charge in [-0.2, -0.15) is 0 Å². The van der Waals surface area contributed by atoms with Crippen molar-refractivity contribution >= 4 is 60.9 Å². The number of halogens is 3. The summed E-state index contributed by atoms with van der Waals surface area (Å²) < 4.78 is 1.90. The Kier molecular flexibility index (Phi) is 2.76. The highest BCUT2D eigenvalue weighted by Crippen LogP contribution is 2.30. The summed E-state index contributed by atoms with van der Waals surface area (Å²) in [6, 6.07) is 7.96. The number of hydrogen-bond donors (Lipinski definition) is 0. The lowest BCUT2D eigenvalue weighted by Crippen LogP contribution is -1.86. The van der Waals surface area contributed by atoms with E-state index in [9.17, 15) is 0 Å². The molecule has 1 aromatic carbocycles. The molecule has 0 aliphatic carbocycles. The number of hydrogen-bond acceptors (Lipinski definition) is 1. The molecule has 1 heterocycles. The van der Waals surface area contributed by atoms with E-state index in [2.05, 4.69) is 43.5 Å². The summed E-state index contributed by atoms with van der Waals surface area (Å²) >= 11 is 11.6. The third-order valence-electron chi connectivity index (χ3n) is 1.76. The predicted molar refractivity (Wildman–Crippen MR) is 67.2 cm³/mol. The minimum atomic E-state index is 0.544. The Morgan fingerprint density at radius 1 is 1.23 bits per heavy atom. The molecule has 0 aliphatic rings. The van der Waals surface area contributed by atoms with Gasteiger partial charge in [-0.15, -0.1) is 0 Å². The van der Waals surface area contributed by atoms with E-state index < -0.39 is 0 Å². The quantitative estimate of drug-likeness (QED) is 0.500. The Morgan fingerprint density at radius 3 is 2.54 bits per heavy atom. The van der Waals surface area contributed by atoms with Crippen LogP contribution in [-0.4, -0.2) is 4.98 Å². The van der Waals surface area contributed by atoms with E-state index in [0.29, 0.717) is 5.15 Å². The molecule has 4 heteroatoms. The maximum Gasteiger partial charge on any atom is 0.138 e. The smallest absolute Gasteiger partial charge is 0.138 e. The van der Waals surface area contributed by atoms with E-state index in [0.717, 1.165) is 18.9 Å². The molecule has 0 bridgehead atoms. The summed E-state index contributed by atoms with van der Waals surface area (Å²) in [5, 5.41) is 2.68. The molecule has 0 saturated carbocycles. The van der Waals surface area contributed by atoms with Crippen LogP contribution < -0.4 is 0 Å². The monoisotopic (exact) mass is 367 g/mol. The van der Waals surface area contributed by atoms with E-state index in [1.165, 1.54) is 0 Å². The van der Waals surface area contributed by atoms with Crippen molar-refractivity contribution in [1.82, 2.24) is 4.98 Å². The first kappa shape index (κ1) is 9.68. The van der Waals surface area contributed by atoms with Crippen LogP contribution in [0.1, 0.15) is 0 Å². The van der Waals surface area contributed by atoms with Gasteiger partial charge in [0.25, 0.3) is 0 Å². The van der Waals surface area contributed by atoms with Gasteiger partial charge in [-0.05, 0) is 38.5 Å². The van der Waals surface area contributed by atoms with Gasteiger partial charge in [0.1, 0.15) is 9.76 Å². The van der Waals surface area contributed by atoms with Crippen LogP contribution in [0, 0.1) is 3.57 Å². The molecule has 66 valence electrons. The minimum Gasteiger partial charge on any atom is -0.227 e. The summed E-state index contributed by atoms with van der Waals surface area (Å²) in [5.74, 6) is 0. The van der Waals surface area contributed by atoms with Gasteiger partial charge in [0.2, 0.25) is 0 Å². The standard InChI is InChI=1S/C9H4BrClIN/c10-8-7(12)5-3-1-2-4-6(5)9(11)13-8/h1-4H. The molecule has 0 aliphatic heterocycles. The maximum absolute atomic E-state index is 5.99. The molecule has 0 radical (unpaired) electrons. The van der Waals surface area contributed by atoms with Gasteiger partial charge >= 0.3 is 0 Å². The van der Waals surface area contributed by atoms with Crippen LogP contribution in [0.25, 0.3) is 10.8 Å². The third kappa shape index (κ3) is 1.69. The lowest BCUT2D eigenvalue weighted by molar-refractivity contribution is 1.29. The Hall–Kier alpha value is 0.130. The Balaban J connectivity index is 2.97. The van der Waals surface area contributed by atoms with Crippen LogP contribution in [0.3, 0.4) is 0 Å². The first-order chi connectivity index (χ1) is 6.20. The molecule has 0 fully saturated rings. The number of nitrogens with zero attached hydrogens (tertiary/aromatic N) is 1. The fourth-order valence-corrected chi connectivity index (χ4v) is 2.49. The van der Waals surface area contributed by atoms with Crippen molar-refractivity contribution in [2.24, 2.45) is 0 Å².